The fourth-order valence-corrected chi connectivity index (χ4v) is 5.91. The number of amides is 2. The molecule has 0 unspecified atom stereocenters. The minimum atomic E-state index is -3.63. The Balaban J connectivity index is 1.45. The Bertz CT molecular complexity index is 1260. The molecule has 0 radical (unpaired) electrons. The van der Waals surface area contributed by atoms with Gasteiger partial charge in [-0.05, 0) is 54.9 Å². The number of halogens is 4. The van der Waals surface area contributed by atoms with Crippen LogP contribution in [-0.2, 0) is 16.4 Å². The third-order valence-electron chi connectivity index (χ3n) is 7.01. The molecule has 2 aromatic rings. The first-order valence-corrected chi connectivity index (χ1v) is 13.3. The largest absolute Gasteiger partial charge is 0.335 e. The maximum atomic E-state index is 15.5. The molecule has 2 amide bonds. The molecule has 1 aliphatic heterocycles. The molecule has 2 aliphatic carbocycles. The van der Waals surface area contributed by atoms with Gasteiger partial charge in [0.2, 0.25) is 10.0 Å². The molecule has 0 aromatic heterocycles. The Morgan fingerprint density at radius 2 is 1.83 bits per heavy atom. The van der Waals surface area contributed by atoms with E-state index in [-0.39, 0.29) is 41.6 Å². The van der Waals surface area contributed by atoms with E-state index in [0.717, 1.165) is 18.4 Å². The third kappa shape index (κ3) is 5.02. The second-order valence-electron chi connectivity index (χ2n) is 9.81. The second-order valence-corrected chi connectivity index (χ2v) is 11.6. The van der Waals surface area contributed by atoms with Crippen LogP contribution in [0.3, 0.4) is 0 Å². The first kappa shape index (κ1) is 24.1. The van der Waals surface area contributed by atoms with Gasteiger partial charge in [-0.15, -0.1) is 0 Å². The minimum absolute atomic E-state index is 0.0132. The van der Waals surface area contributed by atoms with Gasteiger partial charge in [0.05, 0.1) is 18.8 Å². The van der Waals surface area contributed by atoms with Crippen LogP contribution < -0.4 is 10.0 Å². The van der Waals surface area contributed by atoms with Crippen LogP contribution in [0.15, 0.2) is 36.4 Å². The fraction of sp³-hybridized carbons (Fsp3) is 0.458. The summed E-state index contributed by atoms with van der Waals surface area (Å²) in [4.78, 5) is 14.5. The number of likely N-dealkylation sites (tertiary alicyclic amines) is 1. The third-order valence-corrected chi connectivity index (χ3v) is 7.71. The Kier molecular flexibility index (Phi) is 5.83. The number of piperidine rings is 1. The average molecular weight is 512 g/mol. The molecule has 3 fully saturated rings. The van der Waals surface area contributed by atoms with Crippen LogP contribution in [0.4, 0.5) is 22.4 Å². The smallest absolute Gasteiger partial charge is 0.318 e. The molecular weight excluding hydrogens is 486 g/mol. The van der Waals surface area contributed by atoms with Gasteiger partial charge in [-0.2, -0.15) is 0 Å². The van der Waals surface area contributed by atoms with Gasteiger partial charge in [0.25, 0.3) is 0 Å². The Labute approximate surface area is 200 Å². The number of nitrogens with zero attached hydrogens (tertiary/aromatic N) is 1. The zero-order valence-corrected chi connectivity index (χ0v) is 19.7. The van der Waals surface area contributed by atoms with E-state index in [1.165, 1.54) is 23.1 Å². The van der Waals surface area contributed by atoms with Crippen molar-refractivity contribution >= 4 is 16.1 Å². The van der Waals surface area contributed by atoms with Crippen LogP contribution in [-0.4, -0.2) is 55.9 Å². The van der Waals surface area contributed by atoms with Crippen molar-refractivity contribution in [1.29, 1.82) is 0 Å². The number of sulfonamides is 1. The van der Waals surface area contributed by atoms with E-state index in [4.69, 9.17) is 0 Å². The van der Waals surface area contributed by atoms with E-state index in [1.807, 2.05) is 0 Å². The van der Waals surface area contributed by atoms with Crippen LogP contribution in [0.1, 0.15) is 24.8 Å². The monoisotopic (exact) mass is 511 g/mol. The van der Waals surface area contributed by atoms with E-state index in [9.17, 15) is 26.4 Å². The Morgan fingerprint density at radius 1 is 1.14 bits per heavy atom. The van der Waals surface area contributed by atoms with Crippen LogP contribution in [0.25, 0.3) is 11.1 Å². The lowest BCUT2D eigenvalue weighted by atomic mass is 9.94. The van der Waals surface area contributed by atoms with Gasteiger partial charge in [0.15, 0.2) is 0 Å². The first-order valence-electron chi connectivity index (χ1n) is 11.4. The van der Waals surface area contributed by atoms with E-state index in [2.05, 4.69) is 10.0 Å². The molecule has 6 nitrogen and oxygen atoms in total. The molecule has 35 heavy (non-hydrogen) atoms. The summed E-state index contributed by atoms with van der Waals surface area (Å²) in [6, 6.07) is 5.04. The summed E-state index contributed by atoms with van der Waals surface area (Å²) in [5.74, 6) is -2.54. The standard InChI is InChI=1S/C24H25F4N3O3S/c1-35(33,34)30-22-18-11-19(18)31(23(32)29-12-24(28)5-6-24)20(22)9-13-3-2-4-17(21(13)27)14-7-15(25)10-16(26)8-14/h2-4,7-8,10,18-20,22,30H,5-6,9,11-12H2,1H3,(H,29,32)/t18-,19+,20+,22+/m0/s1. The lowest BCUT2D eigenvalue weighted by Crippen LogP contribution is -2.54. The zero-order valence-electron chi connectivity index (χ0n) is 18.9. The molecule has 1 heterocycles. The van der Waals surface area contributed by atoms with Crippen molar-refractivity contribution in [3.05, 3.63) is 59.4 Å². The molecular formula is C24H25F4N3O3S. The summed E-state index contributed by atoms with van der Waals surface area (Å²) >= 11 is 0. The quantitative estimate of drug-likeness (QED) is 0.559. The van der Waals surface area contributed by atoms with Crippen molar-refractivity contribution in [3.63, 3.8) is 0 Å². The molecule has 2 N–H and O–H groups in total. The molecule has 0 bridgehead atoms. The summed E-state index contributed by atoms with van der Waals surface area (Å²) in [6.07, 6.45) is 2.32. The van der Waals surface area contributed by atoms with Crippen molar-refractivity contribution in [2.45, 2.75) is 49.5 Å². The number of rotatable bonds is 7. The first-order chi connectivity index (χ1) is 16.4. The zero-order chi connectivity index (χ0) is 25.1. The molecule has 11 heteroatoms. The predicted molar refractivity (Wildman–Crippen MR) is 121 cm³/mol. The second kappa shape index (κ2) is 8.48. The van der Waals surface area contributed by atoms with Gasteiger partial charge in [-0.3, -0.25) is 0 Å². The highest BCUT2D eigenvalue weighted by Crippen LogP contribution is 2.49. The van der Waals surface area contributed by atoms with Crippen LogP contribution in [0, 0.1) is 23.4 Å². The topological polar surface area (TPSA) is 78.5 Å². The van der Waals surface area contributed by atoms with Crippen molar-refractivity contribution in [1.82, 2.24) is 14.9 Å². The highest BCUT2D eigenvalue weighted by molar-refractivity contribution is 7.88. The van der Waals surface area contributed by atoms with Crippen molar-refractivity contribution in [2.24, 2.45) is 5.92 Å². The Hall–Kier alpha value is -2.66. The molecule has 2 saturated carbocycles. The van der Waals surface area contributed by atoms with Gasteiger partial charge in [0, 0.05) is 23.7 Å². The number of carbonyl (C=O) groups excluding carboxylic acids is 1. The van der Waals surface area contributed by atoms with Crippen LogP contribution in [0.2, 0.25) is 0 Å². The molecule has 4 atom stereocenters. The van der Waals surface area contributed by atoms with E-state index < -0.39 is 51.3 Å². The van der Waals surface area contributed by atoms with Crippen molar-refractivity contribution in [2.75, 3.05) is 12.8 Å². The summed E-state index contributed by atoms with van der Waals surface area (Å²) < 4.78 is 83.7. The lowest BCUT2D eigenvalue weighted by molar-refractivity contribution is 0.170. The summed E-state index contributed by atoms with van der Waals surface area (Å²) in [5, 5.41) is 2.61. The fourth-order valence-electron chi connectivity index (χ4n) is 5.08. The predicted octanol–water partition coefficient (Wildman–Crippen LogP) is 3.52. The van der Waals surface area contributed by atoms with Gasteiger partial charge in [0.1, 0.15) is 23.1 Å². The highest BCUT2D eigenvalue weighted by Gasteiger charge is 2.61. The number of carbonyl (C=O) groups is 1. The van der Waals surface area contributed by atoms with Crippen LogP contribution >= 0.6 is 0 Å². The molecule has 3 aliphatic rings. The maximum absolute atomic E-state index is 15.5. The maximum Gasteiger partial charge on any atom is 0.318 e. The van der Waals surface area contributed by atoms with Gasteiger partial charge < -0.3 is 10.2 Å². The number of alkyl halides is 1. The van der Waals surface area contributed by atoms with Gasteiger partial charge >= 0.3 is 6.03 Å². The van der Waals surface area contributed by atoms with E-state index in [1.54, 1.807) is 0 Å². The van der Waals surface area contributed by atoms with Crippen LogP contribution in [0.5, 0.6) is 0 Å². The average Bonchev–Trinajstić information content (AvgIpc) is 3.67. The van der Waals surface area contributed by atoms with E-state index >= 15 is 4.39 Å². The number of fused-ring (bicyclic) bond motifs is 1. The number of benzene rings is 2. The molecule has 0 spiro atoms. The Morgan fingerprint density at radius 3 is 2.46 bits per heavy atom. The SMILES string of the molecule is CS(=O)(=O)N[C@@H]1[C@H]2C[C@H]2N(C(=O)NCC2(F)CC2)[C@@H]1Cc1cccc(-c2cc(F)cc(F)c2)c1F. The number of nitrogens with one attached hydrogen (secondary N) is 2. The minimum Gasteiger partial charge on any atom is -0.335 e. The number of hydrogen-bond acceptors (Lipinski definition) is 3. The lowest BCUT2D eigenvalue weighted by Gasteiger charge is -2.32. The normalized spacial score (nSPS) is 26.4. The van der Waals surface area contributed by atoms with Gasteiger partial charge in [-0.25, -0.2) is 35.5 Å². The molecule has 188 valence electrons. The molecule has 5 rings (SSSR count). The number of hydrogen-bond donors (Lipinski definition) is 2. The molecule has 1 saturated heterocycles. The summed E-state index contributed by atoms with van der Waals surface area (Å²) in [7, 11) is -3.63. The summed E-state index contributed by atoms with van der Waals surface area (Å²) in [6.45, 7) is -0.133. The highest BCUT2D eigenvalue weighted by atomic mass is 32.2. The number of urea groups is 1. The van der Waals surface area contributed by atoms with Crippen molar-refractivity contribution < 1.29 is 30.8 Å². The molecule has 2 aromatic carbocycles. The van der Waals surface area contributed by atoms with Gasteiger partial charge in [-0.1, -0.05) is 18.2 Å². The van der Waals surface area contributed by atoms with Crippen molar-refractivity contribution in [3.8, 4) is 11.1 Å². The summed E-state index contributed by atoms with van der Waals surface area (Å²) in [5.41, 5.74) is -1.23. The van der Waals surface area contributed by atoms with E-state index in [0.29, 0.717) is 25.3 Å².